The molecule has 152 valence electrons. The van der Waals surface area contributed by atoms with E-state index >= 15 is 0 Å². The van der Waals surface area contributed by atoms with Crippen molar-refractivity contribution in [2.45, 2.75) is 12.7 Å². The highest BCUT2D eigenvalue weighted by Crippen LogP contribution is 2.31. The molecule has 1 N–H and O–H groups in total. The Balaban J connectivity index is 1.65. The summed E-state index contributed by atoms with van der Waals surface area (Å²) < 4.78 is 6.67. The van der Waals surface area contributed by atoms with Crippen LogP contribution in [0.4, 0.5) is 0 Å². The van der Waals surface area contributed by atoms with Crippen LogP contribution in [0.1, 0.15) is 33.2 Å². The molecule has 0 unspecified atom stereocenters. The monoisotopic (exact) mass is 438 g/mol. The third-order valence-corrected chi connectivity index (χ3v) is 6.85. The number of hydrogen-bond acceptors (Lipinski definition) is 7. The van der Waals surface area contributed by atoms with Crippen LogP contribution in [0, 0.1) is 0 Å². The van der Waals surface area contributed by atoms with Gasteiger partial charge in [0.1, 0.15) is 10.1 Å². The molecular formula is C22H18N2O4S2. The van der Waals surface area contributed by atoms with Crippen LogP contribution in [0.3, 0.4) is 0 Å². The number of thioether (sulfide) groups is 2. The molecule has 0 spiro atoms. The Morgan fingerprint density at radius 1 is 1.20 bits per heavy atom. The first-order valence-corrected chi connectivity index (χ1v) is 11.3. The number of para-hydroxylation sites is 1. The van der Waals surface area contributed by atoms with E-state index in [9.17, 15) is 14.4 Å². The Labute approximate surface area is 181 Å². The maximum absolute atomic E-state index is 12.9. The average Bonchev–Trinajstić information content (AvgIpc) is 3.25. The quantitative estimate of drug-likeness (QED) is 0.363. The number of H-pyrrole nitrogens is 1. The first-order valence-electron chi connectivity index (χ1n) is 9.29. The van der Waals surface area contributed by atoms with E-state index in [-0.39, 0.29) is 16.9 Å². The summed E-state index contributed by atoms with van der Waals surface area (Å²) in [5.41, 5.74) is 1.66. The molecule has 1 aliphatic heterocycles. The number of ether oxygens (including phenoxy) is 1. The van der Waals surface area contributed by atoms with E-state index in [1.165, 1.54) is 13.0 Å². The Bertz CT molecular complexity index is 1230. The van der Waals surface area contributed by atoms with Gasteiger partial charge in [-0.3, -0.25) is 14.6 Å². The Morgan fingerprint density at radius 3 is 2.80 bits per heavy atom. The number of esters is 1. The number of nitrogens with one attached hydrogen (secondary N) is 1. The van der Waals surface area contributed by atoms with Gasteiger partial charge in [0.25, 0.3) is 0 Å². The van der Waals surface area contributed by atoms with E-state index in [1.807, 2.05) is 0 Å². The van der Waals surface area contributed by atoms with Crippen LogP contribution >= 0.6 is 23.5 Å². The number of carbonyl (C=O) groups excluding carboxylic acids is 2. The van der Waals surface area contributed by atoms with Gasteiger partial charge >= 0.3 is 5.97 Å². The topological polar surface area (TPSA) is 88.6 Å². The molecule has 0 amide bonds. The molecule has 0 fully saturated rings. The van der Waals surface area contributed by atoms with Crippen molar-refractivity contribution in [3.63, 3.8) is 0 Å². The van der Waals surface area contributed by atoms with Crippen LogP contribution in [-0.4, -0.2) is 33.4 Å². The minimum absolute atomic E-state index is 0.0627. The van der Waals surface area contributed by atoms with Crippen molar-refractivity contribution >= 4 is 50.6 Å². The van der Waals surface area contributed by atoms with Crippen molar-refractivity contribution in [3.05, 3.63) is 75.6 Å². The van der Waals surface area contributed by atoms with E-state index in [4.69, 9.17) is 4.74 Å². The number of aromatic amines is 1. The molecule has 2 aromatic carbocycles. The summed E-state index contributed by atoms with van der Waals surface area (Å²) in [7, 11) is 0. The van der Waals surface area contributed by atoms with Gasteiger partial charge in [0, 0.05) is 39.6 Å². The molecule has 6 nitrogen and oxygen atoms in total. The third-order valence-electron chi connectivity index (χ3n) is 4.55. The molecular weight excluding hydrogens is 420 g/mol. The number of nitrogens with zero attached hydrogens (tertiary/aromatic N) is 1. The highest BCUT2D eigenvalue weighted by atomic mass is 32.2. The summed E-state index contributed by atoms with van der Waals surface area (Å²) in [5.74, 6) is 1.17. The van der Waals surface area contributed by atoms with Gasteiger partial charge in [-0.15, -0.1) is 0 Å². The lowest BCUT2D eigenvalue weighted by atomic mass is 10.1. The number of aliphatic imine (C=N–C) groups is 1. The van der Waals surface area contributed by atoms with Crippen LogP contribution in [0.5, 0.6) is 5.75 Å². The fourth-order valence-electron chi connectivity index (χ4n) is 3.08. The smallest absolute Gasteiger partial charge is 0.344 e. The molecule has 0 saturated heterocycles. The molecule has 0 bridgehead atoms. The minimum Gasteiger partial charge on any atom is -0.423 e. The number of rotatable bonds is 5. The zero-order valence-corrected chi connectivity index (χ0v) is 17.8. The van der Waals surface area contributed by atoms with E-state index in [1.54, 1.807) is 66.0 Å². The van der Waals surface area contributed by atoms with Crippen LogP contribution in [0.15, 0.2) is 58.3 Å². The average molecular weight is 439 g/mol. The van der Waals surface area contributed by atoms with Crippen molar-refractivity contribution in [1.82, 2.24) is 4.98 Å². The van der Waals surface area contributed by atoms with Crippen LogP contribution in [0.2, 0.25) is 0 Å². The van der Waals surface area contributed by atoms with E-state index < -0.39 is 5.97 Å². The maximum Gasteiger partial charge on any atom is 0.344 e. The number of carbonyl (C=O) groups is 2. The first kappa shape index (κ1) is 20.4. The lowest BCUT2D eigenvalue weighted by Gasteiger charge is -2.12. The van der Waals surface area contributed by atoms with Gasteiger partial charge in [-0.2, -0.15) is 0 Å². The second kappa shape index (κ2) is 8.89. The van der Waals surface area contributed by atoms with Crippen molar-refractivity contribution in [2.24, 2.45) is 4.99 Å². The van der Waals surface area contributed by atoms with Gasteiger partial charge in [0.2, 0.25) is 5.56 Å². The summed E-state index contributed by atoms with van der Waals surface area (Å²) >= 11 is 3.25. The number of fused-ring (bicyclic) bond motifs is 1. The van der Waals surface area contributed by atoms with Crippen molar-refractivity contribution in [1.29, 1.82) is 0 Å². The number of ketones is 1. The predicted molar refractivity (Wildman–Crippen MR) is 122 cm³/mol. The molecule has 0 radical (unpaired) electrons. The molecule has 2 heterocycles. The normalized spacial score (nSPS) is 13.3. The van der Waals surface area contributed by atoms with Crippen LogP contribution in [0.25, 0.3) is 10.9 Å². The van der Waals surface area contributed by atoms with Gasteiger partial charge in [0.15, 0.2) is 5.78 Å². The zero-order chi connectivity index (χ0) is 21.1. The van der Waals surface area contributed by atoms with Crippen LogP contribution in [-0.2, 0) is 5.75 Å². The standard InChI is InChI=1S/C22H18N2O4S2/c1-13(25)14-6-7-19(15(10-14)12-30-22-23-8-9-29-22)28-21(27)17-11-20(26)24-18-5-3-2-4-16(17)18/h2-7,10-11H,8-9,12H2,1H3,(H,24,26). The molecule has 4 rings (SSSR count). The second-order valence-electron chi connectivity index (χ2n) is 6.65. The van der Waals surface area contributed by atoms with Crippen molar-refractivity contribution in [3.8, 4) is 5.75 Å². The number of Topliss-reactive ketones (excluding diaryl/α,β-unsaturated/α-hetero) is 1. The van der Waals surface area contributed by atoms with Crippen LogP contribution < -0.4 is 10.3 Å². The molecule has 0 aliphatic carbocycles. The molecule has 3 aromatic rings. The highest BCUT2D eigenvalue weighted by molar-refractivity contribution is 8.38. The molecule has 30 heavy (non-hydrogen) atoms. The van der Waals surface area contributed by atoms with Gasteiger partial charge in [-0.25, -0.2) is 4.79 Å². The zero-order valence-electron chi connectivity index (χ0n) is 16.1. The summed E-state index contributed by atoms with van der Waals surface area (Å²) in [5, 5.41) is 0.607. The van der Waals surface area contributed by atoms with Gasteiger partial charge in [-0.1, -0.05) is 41.7 Å². The predicted octanol–water partition coefficient (Wildman–Crippen LogP) is 4.29. The lowest BCUT2D eigenvalue weighted by molar-refractivity contribution is 0.0735. The van der Waals surface area contributed by atoms with Crippen molar-refractivity contribution < 1.29 is 14.3 Å². The summed E-state index contributed by atoms with van der Waals surface area (Å²) in [6.07, 6.45) is 0. The third kappa shape index (κ3) is 4.49. The fraction of sp³-hybridized carbons (Fsp3) is 0.182. The van der Waals surface area contributed by atoms with Gasteiger partial charge in [0.05, 0.1) is 12.1 Å². The minimum atomic E-state index is -0.619. The highest BCUT2D eigenvalue weighted by Gasteiger charge is 2.18. The Hall–Kier alpha value is -2.84. The van der Waals surface area contributed by atoms with E-state index in [0.717, 1.165) is 22.2 Å². The van der Waals surface area contributed by atoms with Gasteiger partial charge < -0.3 is 9.72 Å². The summed E-state index contributed by atoms with van der Waals surface area (Å²) in [4.78, 5) is 43.9. The molecule has 1 aliphatic rings. The lowest BCUT2D eigenvalue weighted by Crippen LogP contribution is -2.15. The Kier molecular flexibility index (Phi) is 6.06. The fourth-order valence-corrected chi connectivity index (χ4v) is 5.07. The largest absolute Gasteiger partial charge is 0.423 e. The molecule has 0 atom stereocenters. The van der Waals surface area contributed by atoms with Gasteiger partial charge in [-0.05, 0) is 31.2 Å². The summed E-state index contributed by atoms with van der Waals surface area (Å²) in [6.45, 7) is 2.30. The number of benzene rings is 2. The maximum atomic E-state index is 12.9. The first-order chi connectivity index (χ1) is 14.5. The second-order valence-corrected chi connectivity index (χ2v) is 8.95. The number of hydrogen-bond donors (Lipinski definition) is 1. The van der Waals surface area contributed by atoms with Crippen molar-refractivity contribution in [2.75, 3.05) is 12.3 Å². The van der Waals surface area contributed by atoms with E-state index in [0.29, 0.717) is 28.0 Å². The number of aromatic nitrogens is 1. The Morgan fingerprint density at radius 2 is 2.03 bits per heavy atom. The SMILES string of the molecule is CC(=O)c1ccc(OC(=O)c2cc(=O)[nH]c3ccccc23)c(CSC2=NCCS2)c1. The molecule has 1 aromatic heterocycles. The number of pyridine rings is 1. The van der Waals surface area contributed by atoms with E-state index in [2.05, 4.69) is 9.98 Å². The summed E-state index contributed by atoms with van der Waals surface area (Å²) in [6, 6.07) is 13.3. The molecule has 0 saturated carbocycles. The molecule has 8 heteroatoms.